The Morgan fingerprint density at radius 2 is 2.00 bits per heavy atom. The van der Waals surface area contributed by atoms with Gasteiger partial charge in [-0.25, -0.2) is 14.1 Å². The number of carbonyl (C=O) groups is 4. The van der Waals surface area contributed by atoms with Gasteiger partial charge in [-0.1, -0.05) is 18.2 Å². The fraction of sp³-hybridized carbons (Fsp3) is 0.452. The van der Waals surface area contributed by atoms with Crippen LogP contribution in [0, 0.1) is 12.8 Å². The summed E-state index contributed by atoms with van der Waals surface area (Å²) in [5.74, 6) is -1.51. The molecule has 3 heterocycles. The summed E-state index contributed by atoms with van der Waals surface area (Å²) < 4.78 is -0.295. The minimum absolute atomic E-state index is 0.174. The number of aromatic nitrogens is 2. The third kappa shape index (κ3) is 5.48. The van der Waals surface area contributed by atoms with Gasteiger partial charge in [0.15, 0.2) is 0 Å². The Morgan fingerprint density at radius 3 is 2.70 bits per heavy atom. The molecule has 1 aromatic heterocycles. The van der Waals surface area contributed by atoms with Gasteiger partial charge in [0.2, 0.25) is 5.91 Å². The summed E-state index contributed by atoms with van der Waals surface area (Å²) in [6, 6.07) is 9.64. The fourth-order valence-corrected chi connectivity index (χ4v) is 6.98. The minimum atomic E-state index is -1.16. The molecule has 2 aromatic carbocycles. The number of aryl methyl sites for hydroxylation is 1. The van der Waals surface area contributed by atoms with Crippen molar-refractivity contribution < 1.29 is 23.7 Å². The molecule has 12 heteroatoms. The summed E-state index contributed by atoms with van der Waals surface area (Å²) in [5, 5.41) is 14.0. The second-order valence-electron chi connectivity index (χ2n) is 12.1. The van der Waals surface area contributed by atoms with E-state index in [9.17, 15) is 19.2 Å². The van der Waals surface area contributed by atoms with Crippen LogP contribution >= 0.6 is 0 Å². The van der Waals surface area contributed by atoms with Crippen LogP contribution in [0.4, 0.5) is 15.3 Å². The van der Waals surface area contributed by atoms with Crippen LogP contribution in [-0.2, 0) is 21.7 Å². The number of urea groups is 2. The van der Waals surface area contributed by atoms with Gasteiger partial charge in [0.05, 0.1) is 23.8 Å². The average Bonchev–Trinajstić information content (AvgIpc) is 3.44. The number of likely N-dealkylation sites (N-methyl/N-ethyl adjacent to an activating group) is 2. The van der Waals surface area contributed by atoms with E-state index in [0.29, 0.717) is 38.0 Å². The second kappa shape index (κ2) is 11.8. The smallest absolute Gasteiger partial charge is 0.341 e. The highest BCUT2D eigenvalue weighted by atomic mass is 16.2. The number of aldehydes is 1. The van der Waals surface area contributed by atoms with Crippen LogP contribution in [0.2, 0.25) is 0 Å². The molecule has 5 amide bonds. The van der Waals surface area contributed by atoms with Crippen molar-refractivity contribution in [2.45, 2.75) is 44.8 Å². The van der Waals surface area contributed by atoms with Crippen LogP contribution in [0.5, 0.6) is 0 Å². The second-order valence-corrected chi connectivity index (χ2v) is 12.1. The molecule has 4 atom stereocenters. The lowest BCUT2D eigenvalue weighted by atomic mass is 9.71. The monoisotopic (exact) mass is 589 g/mol. The summed E-state index contributed by atoms with van der Waals surface area (Å²) >= 11 is 0. The molecule has 5 rings (SSSR count). The third-order valence-corrected chi connectivity index (χ3v) is 9.24. The molecule has 43 heavy (non-hydrogen) atoms. The SMILES string of the molecule is CCN(CCN(C)C)C(=O)C(C=O)C1CC2(CC[N+]1(Cc1cc(C)c3[nH]ncc3c1)C(N)=O)NC(=O)Nc1ccccc12. The Labute approximate surface area is 251 Å². The van der Waals surface area contributed by atoms with E-state index in [1.54, 1.807) is 11.1 Å². The van der Waals surface area contributed by atoms with Crippen molar-refractivity contribution in [1.29, 1.82) is 0 Å². The summed E-state index contributed by atoms with van der Waals surface area (Å²) in [6.45, 7) is 5.71. The number of primary amides is 1. The highest BCUT2D eigenvalue weighted by Crippen LogP contribution is 2.46. The van der Waals surface area contributed by atoms with Gasteiger partial charge in [0, 0.05) is 54.7 Å². The van der Waals surface area contributed by atoms with E-state index in [1.165, 1.54) is 0 Å². The van der Waals surface area contributed by atoms with Crippen molar-refractivity contribution in [3.63, 3.8) is 0 Å². The number of likely N-dealkylation sites (tertiary alicyclic amines) is 1. The highest BCUT2D eigenvalue weighted by molar-refractivity contribution is 5.95. The normalized spacial score (nSPS) is 23.8. The summed E-state index contributed by atoms with van der Waals surface area (Å²) in [7, 11) is 3.84. The first kappa shape index (κ1) is 30.2. The fourth-order valence-electron chi connectivity index (χ4n) is 6.98. The number of carbonyl (C=O) groups excluding carboxylic acids is 4. The number of para-hydroxylation sites is 1. The van der Waals surface area contributed by atoms with Crippen molar-refractivity contribution in [3.05, 3.63) is 59.3 Å². The predicted molar refractivity (Wildman–Crippen MR) is 163 cm³/mol. The molecule has 3 aromatic rings. The molecule has 0 radical (unpaired) electrons. The molecule has 228 valence electrons. The molecule has 0 saturated carbocycles. The van der Waals surface area contributed by atoms with Crippen LogP contribution in [0.3, 0.4) is 0 Å². The standard InChI is InChI=1S/C31H40N8O4/c1-5-38(12-11-37(3)4)28(41)23(19-40)26-16-31(24-8-6-7-9-25(24)34-30(43)35-31)10-13-39(26,29(32)42)18-21-14-20(2)27-22(15-21)17-33-36-27/h6-9,14-15,17,19,23,26H,5,10-13,16,18H2,1-4H3,(H4-,32,33,34,35,36,42,43)/p+1. The molecule has 12 nitrogen and oxygen atoms in total. The number of nitrogens with one attached hydrogen (secondary N) is 3. The van der Waals surface area contributed by atoms with E-state index in [2.05, 4.69) is 20.8 Å². The third-order valence-electron chi connectivity index (χ3n) is 9.24. The van der Waals surface area contributed by atoms with Gasteiger partial charge in [-0.3, -0.25) is 9.89 Å². The Kier molecular flexibility index (Phi) is 8.26. The Bertz CT molecular complexity index is 1550. The molecule has 2 aliphatic rings. The van der Waals surface area contributed by atoms with Crippen LogP contribution in [0.1, 0.15) is 36.5 Å². The van der Waals surface area contributed by atoms with Crippen molar-refractivity contribution in [2.75, 3.05) is 45.6 Å². The maximum absolute atomic E-state index is 14.2. The van der Waals surface area contributed by atoms with Crippen molar-refractivity contribution >= 4 is 40.8 Å². The number of piperidine rings is 1. The number of aromatic amines is 1. The lowest BCUT2D eigenvalue weighted by Gasteiger charge is -2.53. The topological polar surface area (TPSA) is 154 Å². The molecular weight excluding hydrogens is 548 g/mol. The Balaban J connectivity index is 1.63. The summed E-state index contributed by atoms with van der Waals surface area (Å²) in [4.78, 5) is 57.4. The quantitative estimate of drug-likeness (QED) is 0.171. The first-order valence-electron chi connectivity index (χ1n) is 14.7. The first-order chi connectivity index (χ1) is 20.5. The number of quaternary nitrogens is 1. The number of H-pyrrole nitrogens is 1. The Hall–Kier alpha value is -4.29. The predicted octanol–water partition coefficient (Wildman–Crippen LogP) is 2.69. The van der Waals surface area contributed by atoms with Crippen LogP contribution in [0.25, 0.3) is 10.9 Å². The number of fused-ring (bicyclic) bond motifs is 3. The molecule has 1 fully saturated rings. The maximum Gasteiger partial charge on any atom is 0.414 e. The summed E-state index contributed by atoms with van der Waals surface area (Å²) in [5.41, 5.74) is 9.61. The number of amides is 5. The van der Waals surface area contributed by atoms with Gasteiger partial charge in [-0.05, 0) is 51.7 Å². The van der Waals surface area contributed by atoms with Crippen LogP contribution in [0.15, 0.2) is 42.6 Å². The molecular formula is C31H41N8O4+. The Morgan fingerprint density at radius 1 is 1.23 bits per heavy atom. The highest BCUT2D eigenvalue weighted by Gasteiger charge is 2.59. The zero-order valence-corrected chi connectivity index (χ0v) is 25.2. The number of rotatable bonds is 9. The van der Waals surface area contributed by atoms with Crippen LogP contribution < -0.4 is 16.4 Å². The van der Waals surface area contributed by atoms with Gasteiger partial charge >= 0.3 is 12.1 Å². The van der Waals surface area contributed by atoms with Gasteiger partial charge < -0.3 is 31.0 Å². The van der Waals surface area contributed by atoms with Gasteiger partial charge in [-0.15, -0.1) is 0 Å². The van der Waals surface area contributed by atoms with E-state index in [4.69, 9.17) is 5.73 Å². The lowest BCUT2D eigenvalue weighted by Crippen LogP contribution is -2.72. The number of hydrogen-bond donors (Lipinski definition) is 4. The zero-order chi connectivity index (χ0) is 30.9. The van der Waals surface area contributed by atoms with Crippen molar-refractivity contribution in [1.82, 2.24) is 25.3 Å². The summed E-state index contributed by atoms with van der Waals surface area (Å²) in [6.07, 6.45) is 2.96. The molecule has 4 unspecified atom stereocenters. The molecule has 0 aliphatic carbocycles. The molecule has 0 bridgehead atoms. The minimum Gasteiger partial charge on any atom is -0.341 e. The van der Waals surface area contributed by atoms with E-state index in [0.717, 1.165) is 27.6 Å². The molecule has 1 spiro atoms. The van der Waals surface area contributed by atoms with Crippen molar-refractivity contribution in [2.24, 2.45) is 11.7 Å². The molecule has 2 aliphatic heterocycles. The zero-order valence-electron chi connectivity index (χ0n) is 25.2. The van der Waals surface area contributed by atoms with E-state index in [-0.39, 0.29) is 35.9 Å². The number of benzene rings is 2. The van der Waals surface area contributed by atoms with Crippen LogP contribution in [-0.4, -0.2) is 95.1 Å². The molecule has 5 N–H and O–H groups in total. The van der Waals surface area contributed by atoms with Crippen molar-refractivity contribution in [3.8, 4) is 0 Å². The number of anilines is 1. The number of nitrogens with two attached hydrogens (primary N) is 1. The van der Waals surface area contributed by atoms with Gasteiger partial charge in [-0.2, -0.15) is 5.10 Å². The number of hydrogen-bond acceptors (Lipinski definition) is 6. The van der Waals surface area contributed by atoms with Gasteiger partial charge in [0.1, 0.15) is 24.8 Å². The van der Waals surface area contributed by atoms with E-state index >= 15 is 0 Å². The number of nitrogens with zero attached hydrogens (tertiary/aromatic N) is 4. The molecule has 1 saturated heterocycles. The lowest BCUT2D eigenvalue weighted by molar-refractivity contribution is -0.897. The maximum atomic E-state index is 14.2. The van der Waals surface area contributed by atoms with E-state index < -0.39 is 23.5 Å². The average molecular weight is 590 g/mol. The van der Waals surface area contributed by atoms with Gasteiger partial charge in [0.25, 0.3) is 0 Å². The van der Waals surface area contributed by atoms with E-state index in [1.807, 2.05) is 69.2 Å². The largest absolute Gasteiger partial charge is 0.414 e. The first-order valence-corrected chi connectivity index (χ1v) is 14.7.